The van der Waals surface area contributed by atoms with Gasteiger partial charge in [0.2, 0.25) is 11.8 Å². The SMILES string of the molecule is C[C@]12C[C@H]1C(=O)NC2=O. The predicted molar refractivity (Wildman–Crippen MR) is 29.4 cm³/mol. The second-order valence-corrected chi connectivity index (χ2v) is 2.99. The van der Waals surface area contributed by atoms with E-state index in [2.05, 4.69) is 5.32 Å². The third-order valence-corrected chi connectivity index (χ3v) is 2.31. The van der Waals surface area contributed by atoms with Gasteiger partial charge in [-0.05, 0) is 13.3 Å². The number of piperidine rings is 1. The molecule has 0 aromatic rings. The monoisotopic (exact) mass is 125 g/mol. The molecule has 2 rings (SSSR count). The molecule has 0 spiro atoms. The summed E-state index contributed by atoms with van der Waals surface area (Å²) >= 11 is 0. The topological polar surface area (TPSA) is 46.2 Å². The van der Waals surface area contributed by atoms with Crippen molar-refractivity contribution < 1.29 is 9.59 Å². The van der Waals surface area contributed by atoms with Gasteiger partial charge >= 0.3 is 0 Å². The van der Waals surface area contributed by atoms with Crippen LogP contribution in [0.2, 0.25) is 0 Å². The molecule has 0 aromatic heterocycles. The molecule has 0 bridgehead atoms. The molecule has 0 unspecified atom stereocenters. The van der Waals surface area contributed by atoms with Crippen molar-refractivity contribution in [3.63, 3.8) is 0 Å². The fourth-order valence-corrected chi connectivity index (χ4v) is 1.34. The third-order valence-electron chi connectivity index (χ3n) is 2.31. The summed E-state index contributed by atoms with van der Waals surface area (Å²) in [4.78, 5) is 21.5. The minimum Gasteiger partial charge on any atom is -0.296 e. The van der Waals surface area contributed by atoms with Gasteiger partial charge in [0.15, 0.2) is 0 Å². The van der Waals surface area contributed by atoms with E-state index in [0.717, 1.165) is 6.42 Å². The van der Waals surface area contributed by atoms with Crippen LogP contribution in [0.4, 0.5) is 0 Å². The van der Waals surface area contributed by atoms with Crippen molar-refractivity contribution in [2.45, 2.75) is 13.3 Å². The lowest BCUT2D eigenvalue weighted by Crippen LogP contribution is -2.27. The second-order valence-electron chi connectivity index (χ2n) is 2.99. The molecule has 1 aliphatic carbocycles. The van der Waals surface area contributed by atoms with Gasteiger partial charge in [-0.3, -0.25) is 14.9 Å². The summed E-state index contributed by atoms with van der Waals surface area (Å²) in [5.41, 5.74) is -0.308. The van der Waals surface area contributed by atoms with E-state index in [-0.39, 0.29) is 23.1 Å². The molecular weight excluding hydrogens is 118 g/mol. The summed E-state index contributed by atoms with van der Waals surface area (Å²) in [6.07, 6.45) is 0.762. The maximum Gasteiger partial charge on any atom is 0.233 e. The first kappa shape index (κ1) is 4.97. The smallest absolute Gasteiger partial charge is 0.233 e. The van der Waals surface area contributed by atoms with Crippen LogP contribution >= 0.6 is 0 Å². The van der Waals surface area contributed by atoms with Crippen molar-refractivity contribution in [1.29, 1.82) is 0 Å². The maximum absolute atomic E-state index is 10.8. The van der Waals surface area contributed by atoms with Crippen LogP contribution in [0, 0.1) is 11.3 Å². The first-order valence-corrected chi connectivity index (χ1v) is 3.00. The summed E-state index contributed by atoms with van der Waals surface area (Å²) < 4.78 is 0. The van der Waals surface area contributed by atoms with Gasteiger partial charge in [0, 0.05) is 0 Å². The molecule has 2 atom stereocenters. The van der Waals surface area contributed by atoms with Crippen molar-refractivity contribution >= 4 is 11.8 Å². The Hall–Kier alpha value is -0.860. The van der Waals surface area contributed by atoms with Crippen LogP contribution in [-0.4, -0.2) is 11.8 Å². The van der Waals surface area contributed by atoms with Gasteiger partial charge in [0.25, 0.3) is 0 Å². The van der Waals surface area contributed by atoms with Gasteiger partial charge in [-0.2, -0.15) is 0 Å². The molecular formula is C6H7NO2. The minimum absolute atomic E-state index is 0.00463. The molecule has 48 valence electrons. The Morgan fingerprint density at radius 3 is 2.44 bits per heavy atom. The number of rotatable bonds is 0. The number of amides is 2. The molecule has 1 heterocycles. The molecule has 3 heteroatoms. The standard InChI is InChI=1S/C6H7NO2/c1-6-2-3(6)4(8)7-5(6)9/h3H,2H2,1H3,(H,7,8,9)/t3-,6-/m0/s1. The van der Waals surface area contributed by atoms with Gasteiger partial charge in [-0.25, -0.2) is 0 Å². The van der Waals surface area contributed by atoms with Crippen molar-refractivity contribution in [1.82, 2.24) is 5.32 Å². The number of carbonyl (C=O) groups excluding carboxylic acids is 2. The van der Waals surface area contributed by atoms with Crippen LogP contribution in [0.3, 0.4) is 0 Å². The molecule has 1 aliphatic heterocycles. The Morgan fingerprint density at radius 1 is 1.67 bits per heavy atom. The Bertz CT molecular complexity index is 211. The average molecular weight is 125 g/mol. The molecule has 1 saturated heterocycles. The number of hydrogen-bond acceptors (Lipinski definition) is 2. The molecule has 0 radical (unpaired) electrons. The van der Waals surface area contributed by atoms with E-state index < -0.39 is 0 Å². The van der Waals surface area contributed by atoms with Gasteiger partial charge in [-0.15, -0.1) is 0 Å². The molecule has 9 heavy (non-hydrogen) atoms. The summed E-state index contributed by atoms with van der Waals surface area (Å²) in [5.74, 6) is -0.162. The summed E-state index contributed by atoms with van der Waals surface area (Å²) in [7, 11) is 0. The van der Waals surface area contributed by atoms with Crippen LogP contribution in [-0.2, 0) is 9.59 Å². The Kier molecular flexibility index (Phi) is 0.570. The highest BCUT2D eigenvalue weighted by molar-refractivity contribution is 6.11. The zero-order valence-electron chi connectivity index (χ0n) is 5.10. The van der Waals surface area contributed by atoms with E-state index in [1.54, 1.807) is 0 Å². The summed E-state index contributed by atoms with van der Waals surface area (Å²) in [6.45, 7) is 1.83. The fraction of sp³-hybridized carbons (Fsp3) is 0.667. The van der Waals surface area contributed by atoms with E-state index in [1.165, 1.54) is 0 Å². The van der Waals surface area contributed by atoms with Crippen molar-refractivity contribution in [2.24, 2.45) is 11.3 Å². The Balaban J connectivity index is 2.38. The van der Waals surface area contributed by atoms with Crippen molar-refractivity contribution in [2.75, 3.05) is 0 Å². The molecule has 2 aliphatic rings. The number of hydrogen-bond donors (Lipinski definition) is 1. The number of nitrogens with one attached hydrogen (secondary N) is 1. The highest BCUT2D eigenvalue weighted by Gasteiger charge is 2.65. The minimum atomic E-state index is -0.308. The lowest BCUT2D eigenvalue weighted by Gasteiger charge is -1.96. The average Bonchev–Trinajstić information content (AvgIpc) is 2.38. The zero-order valence-corrected chi connectivity index (χ0v) is 5.10. The third kappa shape index (κ3) is 0.385. The van der Waals surface area contributed by atoms with Gasteiger partial charge < -0.3 is 0 Å². The number of carbonyl (C=O) groups is 2. The second kappa shape index (κ2) is 1.03. The van der Waals surface area contributed by atoms with Gasteiger partial charge in [0.05, 0.1) is 11.3 Å². The summed E-state index contributed by atoms with van der Waals surface area (Å²) in [5, 5.41) is 2.28. The van der Waals surface area contributed by atoms with E-state index in [0.29, 0.717) is 0 Å². The van der Waals surface area contributed by atoms with Crippen LogP contribution in [0.15, 0.2) is 0 Å². The largest absolute Gasteiger partial charge is 0.296 e. The number of fused-ring (bicyclic) bond motifs is 1. The van der Waals surface area contributed by atoms with Crippen molar-refractivity contribution in [3.8, 4) is 0 Å². The normalized spacial score (nSPS) is 46.6. The van der Waals surface area contributed by atoms with E-state index in [9.17, 15) is 9.59 Å². The van der Waals surface area contributed by atoms with E-state index >= 15 is 0 Å². The van der Waals surface area contributed by atoms with Crippen LogP contribution < -0.4 is 5.32 Å². The Labute approximate surface area is 52.4 Å². The molecule has 1 saturated carbocycles. The lowest BCUT2D eigenvalue weighted by atomic mass is 10.1. The Morgan fingerprint density at radius 2 is 2.33 bits per heavy atom. The summed E-state index contributed by atoms with van der Waals surface area (Å²) in [6, 6.07) is 0. The fourth-order valence-electron chi connectivity index (χ4n) is 1.34. The van der Waals surface area contributed by atoms with E-state index in [4.69, 9.17) is 0 Å². The van der Waals surface area contributed by atoms with Crippen LogP contribution in [0.25, 0.3) is 0 Å². The van der Waals surface area contributed by atoms with Crippen LogP contribution in [0.5, 0.6) is 0 Å². The first-order valence-electron chi connectivity index (χ1n) is 3.00. The van der Waals surface area contributed by atoms with E-state index in [1.807, 2.05) is 6.92 Å². The first-order chi connectivity index (χ1) is 4.14. The van der Waals surface area contributed by atoms with Gasteiger partial charge in [0.1, 0.15) is 0 Å². The predicted octanol–water partition coefficient (Wildman–Crippen LogP) is -0.331. The highest BCUT2D eigenvalue weighted by atomic mass is 16.2. The molecule has 1 N–H and O–H groups in total. The molecule has 2 amide bonds. The quantitative estimate of drug-likeness (QED) is 0.450. The highest BCUT2D eigenvalue weighted by Crippen LogP contribution is 2.55. The van der Waals surface area contributed by atoms with Crippen molar-refractivity contribution in [3.05, 3.63) is 0 Å². The number of imide groups is 1. The molecule has 2 fully saturated rings. The maximum atomic E-state index is 10.8. The molecule has 3 nitrogen and oxygen atoms in total. The zero-order chi connectivity index (χ0) is 6.65. The lowest BCUT2D eigenvalue weighted by molar-refractivity contribution is -0.128. The van der Waals surface area contributed by atoms with Gasteiger partial charge in [-0.1, -0.05) is 0 Å². The van der Waals surface area contributed by atoms with Crippen LogP contribution in [0.1, 0.15) is 13.3 Å². The molecule has 0 aromatic carbocycles.